The molecule has 0 radical (unpaired) electrons. The minimum absolute atomic E-state index is 0.0625. The zero-order chi connectivity index (χ0) is 13.8. The Morgan fingerprint density at radius 1 is 1.47 bits per heavy atom. The fraction of sp³-hybridized carbons (Fsp3) is 0.154. The topological polar surface area (TPSA) is 79.0 Å². The summed E-state index contributed by atoms with van der Waals surface area (Å²) in [6.07, 6.45) is 0. The van der Waals surface area contributed by atoms with Gasteiger partial charge >= 0.3 is 0 Å². The van der Waals surface area contributed by atoms with Crippen molar-refractivity contribution in [2.45, 2.75) is 13.0 Å². The van der Waals surface area contributed by atoms with E-state index >= 15 is 0 Å². The van der Waals surface area contributed by atoms with Crippen LogP contribution >= 0.6 is 11.3 Å². The monoisotopic (exact) mass is 273 g/mol. The Kier molecular flexibility index (Phi) is 3.78. The first-order valence-electron chi connectivity index (χ1n) is 5.59. The van der Waals surface area contributed by atoms with Crippen molar-refractivity contribution < 1.29 is 4.92 Å². The lowest BCUT2D eigenvalue weighted by Crippen LogP contribution is -2.06. The Morgan fingerprint density at radius 2 is 2.26 bits per heavy atom. The number of rotatable bonds is 4. The van der Waals surface area contributed by atoms with Crippen molar-refractivity contribution in [1.29, 1.82) is 5.26 Å². The van der Waals surface area contributed by atoms with Gasteiger partial charge in [-0.1, -0.05) is 0 Å². The molecule has 0 aliphatic carbocycles. The fourth-order valence-electron chi connectivity index (χ4n) is 1.73. The molecule has 1 heterocycles. The summed E-state index contributed by atoms with van der Waals surface area (Å²) in [5.41, 5.74) is 1.73. The quantitative estimate of drug-likeness (QED) is 0.680. The first kappa shape index (κ1) is 13.1. The van der Waals surface area contributed by atoms with Gasteiger partial charge in [0.2, 0.25) is 0 Å². The van der Waals surface area contributed by atoms with Crippen LogP contribution in [0.15, 0.2) is 35.0 Å². The van der Waals surface area contributed by atoms with Crippen molar-refractivity contribution in [1.82, 2.24) is 0 Å². The number of nitro benzene ring substituents is 1. The lowest BCUT2D eigenvalue weighted by Gasteiger charge is -2.14. The molecular weight excluding hydrogens is 262 g/mol. The molecule has 1 atom stereocenters. The maximum absolute atomic E-state index is 10.7. The van der Waals surface area contributed by atoms with Gasteiger partial charge in [-0.15, -0.1) is 0 Å². The summed E-state index contributed by atoms with van der Waals surface area (Å²) < 4.78 is 0. The molecule has 2 rings (SSSR count). The molecule has 0 amide bonds. The highest BCUT2D eigenvalue weighted by Crippen LogP contribution is 2.25. The zero-order valence-corrected chi connectivity index (χ0v) is 11.0. The van der Waals surface area contributed by atoms with Crippen LogP contribution < -0.4 is 5.32 Å². The molecule has 1 aromatic heterocycles. The average Bonchev–Trinajstić information content (AvgIpc) is 2.92. The van der Waals surface area contributed by atoms with Gasteiger partial charge in [0, 0.05) is 17.8 Å². The van der Waals surface area contributed by atoms with Crippen LogP contribution in [0.2, 0.25) is 0 Å². The smallest absolute Gasteiger partial charge is 0.287 e. The van der Waals surface area contributed by atoms with Crippen LogP contribution in [0.25, 0.3) is 0 Å². The predicted molar refractivity (Wildman–Crippen MR) is 74.2 cm³/mol. The summed E-state index contributed by atoms with van der Waals surface area (Å²) in [4.78, 5) is 10.2. The first-order valence-corrected chi connectivity index (χ1v) is 6.53. The summed E-state index contributed by atoms with van der Waals surface area (Å²) in [6, 6.07) is 8.40. The second-order valence-electron chi connectivity index (χ2n) is 4.02. The fourth-order valence-corrected chi connectivity index (χ4v) is 2.48. The minimum Gasteiger partial charge on any atom is -0.378 e. The van der Waals surface area contributed by atoms with Crippen molar-refractivity contribution in [3.8, 4) is 6.07 Å². The highest BCUT2D eigenvalue weighted by atomic mass is 32.1. The number of nitro groups is 1. The van der Waals surface area contributed by atoms with E-state index in [1.165, 1.54) is 12.1 Å². The molecule has 0 aliphatic rings. The molecule has 0 bridgehead atoms. The van der Waals surface area contributed by atoms with E-state index < -0.39 is 4.92 Å². The Bertz CT molecular complexity index is 632. The van der Waals surface area contributed by atoms with E-state index in [0.29, 0.717) is 5.69 Å². The van der Waals surface area contributed by atoms with Gasteiger partial charge in [-0.2, -0.15) is 16.6 Å². The molecule has 0 aliphatic heterocycles. The highest BCUT2D eigenvalue weighted by Gasteiger charge is 2.14. The molecular formula is C13H11N3O2S. The van der Waals surface area contributed by atoms with Crippen LogP contribution in [-0.4, -0.2) is 4.92 Å². The van der Waals surface area contributed by atoms with Gasteiger partial charge in [-0.25, -0.2) is 0 Å². The molecule has 1 N–H and O–H groups in total. The van der Waals surface area contributed by atoms with Gasteiger partial charge in [-0.05, 0) is 41.4 Å². The van der Waals surface area contributed by atoms with E-state index in [2.05, 4.69) is 5.32 Å². The van der Waals surface area contributed by atoms with E-state index in [9.17, 15) is 10.1 Å². The maximum atomic E-state index is 10.7. The van der Waals surface area contributed by atoms with E-state index in [4.69, 9.17) is 5.26 Å². The summed E-state index contributed by atoms with van der Waals surface area (Å²) in [6.45, 7) is 2.00. The molecule has 0 saturated carbocycles. The van der Waals surface area contributed by atoms with Gasteiger partial charge in [0.1, 0.15) is 11.6 Å². The predicted octanol–water partition coefficient (Wildman–Crippen LogP) is 3.70. The second-order valence-corrected chi connectivity index (χ2v) is 4.80. The summed E-state index contributed by atoms with van der Waals surface area (Å²) >= 11 is 1.61. The van der Waals surface area contributed by atoms with Crippen LogP contribution in [0.3, 0.4) is 0 Å². The Hall–Kier alpha value is -2.39. The number of hydrogen-bond acceptors (Lipinski definition) is 5. The molecule has 0 spiro atoms. The third kappa shape index (κ3) is 2.89. The molecule has 1 unspecified atom stereocenters. The van der Waals surface area contributed by atoms with Crippen LogP contribution in [0.1, 0.15) is 24.1 Å². The molecule has 96 valence electrons. The zero-order valence-electron chi connectivity index (χ0n) is 10.2. The lowest BCUT2D eigenvalue weighted by atomic mass is 10.1. The van der Waals surface area contributed by atoms with Gasteiger partial charge in [0.25, 0.3) is 5.69 Å². The van der Waals surface area contributed by atoms with E-state index in [1.807, 2.05) is 29.8 Å². The average molecular weight is 273 g/mol. The SMILES string of the molecule is CC(Nc1ccc([N+](=O)[O-])c(C#N)c1)c1ccsc1. The number of nitriles is 1. The maximum Gasteiger partial charge on any atom is 0.287 e. The van der Waals surface area contributed by atoms with Crippen molar-refractivity contribution in [2.75, 3.05) is 5.32 Å². The molecule has 0 fully saturated rings. The van der Waals surface area contributed by atoms with Crippen molar-refractivity contribution in [3.05, 3.63) is 56.3 Å². The summed E-state index contributed by atoms with van der Waals surface area (Å²) in [5.74, 6) is 0. The van der Waals surface area contributed by atoms with Gasteiger partial charge in [-0.3, -0.25) is 10.1 Å². The van der Waals surface area contributed by atoms with E-state index in [0.717, 1.165) is 5.56 Å². The van der Waals surface area contributed by atoms with Crippen molar-refractivity contribution in [3.63, 3.8) is 0 Å². The van der Waals surface area contributed by atoms with Gasteiger partial charge in [0.15, 0.2) is 0 Å². The number of benzene rings is 1. The summed E-state index contributed by atoms with van der Waals surface area (Å²) in [5, 5.41) is 26.9. The number of hydrogen-bond donors (Lipinski definition) is 1. The number of thiophene rings is 1. The standard InChI is InChI=1S/C13H11N3O2S/c1-9(10-4-5-19-8-10)15-12-2-3-13(16(17)18)11(6-12)7-14/h2-6,8-9,15H,1H3. The molecule has 6 heteroatoms. The normalized spacial score (nSPS) is 11.6. The number of anilines is 1. The van der Waals surface area contributed by atoms with Crippen molar-refractivity contribution >= 4 is 22.7 Å². The van der Waals surface area contributed by atoms with E-state index in [1.54, 1.807) is 17.4 Å². The number of nitrogens with one attached hydrogen (secondary N) is 1. The third-order valence-electron chi connectivity index (χ3n) is 2.74. The molecule has 2 aromatic rings. The summed E-state index contributed by atoms with van der Waals surface area (Å²) in [7, 11) is 0. The molecule has 5 nitrogen and oxygen atoms in total. The largest absolute Gasteiger partial charge is 0.378 e. The highest BCUT2D eigenvalue weighted by molar-refractivity contribution is 7.07. The van der Waals surface area contributed by atoms with E-state index in [-0.39, 0.29) is 17.3 Å². The van der Waals surface area contributed by atoms with Crippen LogP contribution in [-0.2, 0) is 0 Å². The Morgan fingerprint density at radius 3 is 2.84 bits per heavy atom. The lowest BCUT2D eigenvalue weighted by molar-refractivity contribution is -0.385. The molecule has 1 aromatic carbocycles. The number of nitrogens with zero attached hydrogens (tertiary/aromatic N) is 2. The Balaban J connectivity index is 2.23. The molecule has 0 saturated heterocycles. The first-order chi connectivity index (χ1) is 9.11. The van der Waals surface area contributed by atoms with Gasteiger partial charge in [0.05, 0.1) is 4.92 Å². The van der Waals surface area contributed by atoms with Crippen LogP contribution in [0.5, 0.6) is 0 Å². The third-order valence-corrected chi connectivity index (χ3v) is 3.44. The van der Waals surface area contributed by atoms with Crippen LogP contribution in [0.4, 0.5) is 11.4 Å². The van der Waals surface area contributed by atoms with Crippen LogP contribution in [0, 0.1) is 21.4 Å². The minimum atomic E-state index is -0.551. The second kappa shape index (κ2) is 5.50. The molecule has 19 heavy (non-hydrogen) atoms. The van der Waals surface area contributed by atoms with Gasteiger partial charge < -0.3 is 5.32 Å². The van der Waals surface area contributed by atoms with Crippen molar-refractivity contribution in [2.24, 2.45) is 0 Å². The Labute approximate surface area is 114 Å².